The molecule has 0 unspecified atom stereocenters. The molecule has 3 rings (SSSR count). The number of methoxy groups -OCH3 is 2. The van der Waals surface area contributed by atoms with Crippen molar-refractivity contribution in [3.8, 4) is 46.7 Å². The molecule has 0 bridgehead atoms. The minimum Gasteiger partial charge on any atom is -0.493 e. The van der Waals surface area contributed by atoms with Crippen molar-refractivity contribution in [3.63, 3.8) is 0 Å². The topological polar surface area (TPSA) is 36.9 Å². The van der Waals surface area contributed by atoms with Crippen molar-refractivity contribution >= 4 is 15.9 Å². The summed E-state index contributed by atoms with van der Waals surface area (Å²) in [7, 11) is 3.20. The molecule has 0 N–H and O–H groups in total. The Hall–Kier alpha value is -2.76. The number of ether oxygens (including phenoxy) is 4. The molecule has 0 aliphatic carbocycles. The number of benzene rings is 2. The Morgan fingerprint density at radius 2 is 1.60 bits per heavy atom. The molecule has 4 nitrogen and oxygen atoms in total. The predicted octanol–water partition coefficient (Wildman–Crippen LogP) is 3.58. The van der Waals surface area contributed by atoms with E-state index in [9.17, 15) is 0 Å². The summed E-state index contributed by atoms with van der Waals surface area (Å²) in [6.07, 6.45) is 0. The second-order valence-corrected chi connectivity index (χ2v) is 5.57. The third kappa shape index (κ3) is 3.84. The lowest BCUT2D eigenvalue weighted by Crippen LogP contribution is -1.92. The normalized spacial score (nSPS) is 11.0. The van der Waals surface area contributed by atoms with Crippen molar-refractivity contribution in [3.05, 3.63) is 47.0 Å². The molecular weight excluding hydrogens is 384 g/mol. The summed E-state index contributed by atoms with van der Waals surface area (Å²) in [6.45, 7) is 0.215. The first-order valence-electron chi connectivity index (χ1n) is 7.47. The third-order valence-electron chi connectivity index (χ3n) is 3.53. The van der Waals surface area contributed by atoms with Crippen LogP contribution < -0.4 is 18.9 Å². The first-order valence-corrected chi connectivity index (χ1v) is 8.60. The Morgan fingerprint density at radius 3 is 2.24 bits per heavy atom. The van der Waals surface area contributed by atoms with Gasteiger partial charge in [0.15, 0.2) is 23.0 Å². The molecule has 0 fully saturated rings. The van der Waals surface area contributed by atoms with Gasteiger partial charge in [-0.15, -0.1) is 0 Å². The van der Waals surface area contributed by atoms with E-state index in [2.05, 4.69) is 39.6 Å². The van der Waals surface area contributed by atoms with Gasteiger partial charge in [-0.3, -0.25) is 0 Å². The van der Waals surface area contributed by atoms with Crippen molar-refractivity contribution in [2.24, 2.45) is 0 Å². The fourth-order valence-electron chi connectivity index (χ4n) is 2.33. The van der Waals surface area contributed by atoms with E-state index < -0.39 is 0 Å². The van der Waals surface area contributed by atoms with Crippen LogP contribution in [0.4, 0.5) is 0 Å². The summed E-state index contributed by atoms with van der Waals surface area (Å²) in [5.41, 5.74) is 2.40. The molecule has 0 radical (unpaired) electrons. The maximum absolute atomic E-state index is 5.43. The zero-order valence-corrected chi connectivity index (χ0v) is 15.4. The van der Waals surface area contributed by atoms with E-state index in [4.69, 9.17) is 18.9 Å². The van der Waals surface area contributed by atoms with Gasteiger partial charge in [-0.2, -0.15) is 0 Å². The van der Waals surface area contributed by atoms with Crippen molar-refractivity contribution < 1.29 is 18.9 Å². The molecule has 2 aromatic carbocycles. The van der Waals surface area contributed by atoms with Crippen LogP contribution in [0.15, 0.2) is 30.3 Å². The van der Waals surface area contributed by atoms with Crippen LogP contribution in [0.1, 0.15) is 16.7 Å². The van der Waals surface area contributed by atoms with Gasteiger partial charge in [0.25, 0.3) is 0 Å². The fraction of sp³-hybridized carbons (Fsp3) is 0.200. The molecule has 0 atom stereocenters. The monoisotopic (exact) mass is 398 g/mol. The number of hydrogen-bond acceptors (Lipinski definition) is 4. The van der Waals surface area contributed by atoms with E-state index in [0.717, 1.165) is 16.7 Å². The van der Waals surface area contributed by atoms with Gasteiger partial charge in [-0.25, -0.2) is 0 Å². The van der Waals surface area contributed by atoms with Crippen LogP contribution in [-0.4, -0.2) is 26.3 Å². The van der Waals surface area contributed by atoms with E-state index in [1.807, 2.05) is 30.3 Å². The Balaban J connectivity index is 1.99. The summed E-state index contributed by atoms with van der Waals surface area (Å²) in [5.74, 6) is 15.1. The Morgan fingerprint density at radius 1 is 0.920 bits per heavy atom. The Labute approximate surface area is 155 Å². The first-order chi connectivity index (χ1) is 12.2. The summed E-state index contributed by atoms with van der Waals surface area (Å²) in [4.78, 5) is 0. The summed E-state index contributed by atoms with van der Waals surface area (Å²) in [6, 6.07) is 9.26. The van der Waals surface area contributed by atoms with E-state index in [-0.39, 0.29) is 6.79 Å². The predicted molar refractivity (Wildman–Crippen MR) is 98.8 cm³/mol. The van der Waals surface area contributed by atoms with Crippen molar-refractivity contribution in [2.45, 2.75) is 0 Å². The molecule has 2 aromatic rings. The van der Waals surface area contributed by atoms with E-state index in [0.29, 0.717) is 28.3 Å². The van der Waals surface area contributed by atoms with Crippen LogP contribution in [-0.2, 0) is 0 Å². The zero-order valence-electron chi connectivity index (χ0n) is 13.8. The van der Waals surface area contributed by atoms with Gasteiger partial charge >= 0.3 is 0 Å². The second kappa shape index (κ2) is 7.88. The number of rotatable bonds is 2. The summed E-state index contributed by atoms with van der Waals surface area (Å²) < 4.78 is 21.4. The largest absolute Gasteiger partial charge is 0.493 e. The van der Waals surface area contributed by atoms with E-state index >= 15 is 0 Å². The van der Waals surface area contributed by atoms with Crippen molar-refractivity contribution in [2.75, 3.05) is 26.3 Å². The van der Waals surface area contributed by atoms with Crippen LogP contribution >= 0.6 is 15.9 Å². The van der Waals surface area contributed by atoms with Gasteiger partial charge in [0.1, 0.15) is 0 Å². The fourth-order valence-corrected chi connectivity index (χ4v) is 2.47. The molecule has 0 amide bonds. The molecule has 126 valence electrons. The lowest BCUT2D eigenvalue weighted by Gasteiger charge is -2.06. The summed E-state index contributed by atoms with van der Waals surface area (Å²) in [5, 5.41) is 0.587. The maximum Gasteiger partial charge on any atom is 0.231 e. The van der Waals surface area contributed by atoms with Crippen LogP contribution in [0.25, 0.3) is 0 Å². The maximum atomic E-state index is 5.43. The molecule has 25 heavy (non-hydrogen) atoms. The molecule has 1 aliphatic rings. The lowest BCUT2D eigenvalue weighted by molar-refractivity contribution is 0.174. The Kier molecular flexibility index (Phi) is 5.38. The standard InChI is InChI=1S/C20H15BrO4/c1-22-17-8-6-14(10-18(17)23-2)5-7-16-12-20-19(24-13-25-20)11-15(16)4-3-9-21/h6,8,10-12H,9,13H2,1-2H3. The highest BCUT2D eigenvalue weighted by atomic mass is 79.9. The van der Waals surface area contributed by atoms with E-state index in [1.165, 1.54) is 0 Å². The number of halogens is 1. The highest BCUT2D eigenvalue weighted by molar-refractivity contribution is 9.09. The van der Waals surface area contributed by atoms with Gasteiger partial charge < -0.3 is 18.9 Å². The Bertz CT molecular complexity index is 913. The molecule has 0 saturated carbocycles. The smallest absolute Gasteiger partial charge is 0.231 e. The lowest BCUT2D eigenvalue weighted by atomic mass is 10.1. The van der Waals surface area contributed by atoms with Crippen LogP contribution in [0, 0.1) is 23.7 Å². The average molecular weight is 399 g/mol. The van der Waals surface area contributed by atoms with Gasteiger partial charge in [0.2, 0.25) is 6.79 Å². The SMILES string of the molecule is COc1ccc(C#Cc2cc3c(cc2C#CCBr)OCO3)cc1OC. The molecule has 1 aliphatic heterocycles. The molecule has 0 aromatic heterocycles. The van der Waals surface area contributed by atoms with Crippen molar-refractivity contribution in [1.82, 2.24) is 0 Å². The molecular formula is C20H15BrO4. The molecule has 1 heterocycles. The van der Waals surface area contributed by atoms with Gasteiger partial charge in [0.05, 0.1) is 19.5 Å². The van der Waals surface area contributed by atoms with Gasteiger partial charge in [0, 0.05) is 28.8 Å². The zero-order chi connectivity index (χ0) is 17.6. The molecule has 0 saturated heterocycles. The number of alkyl halides is 1. The molecule has 0 spiro atoms. The first kappa shape index (κ1) is 17.1. The van der Waals surface area contributed by atoms with Gasteiger partial charge in [-0.1, -0.05) is 39.6 Å². The van der Waals surface area contributed by atoms with Crippen molar-refractivity contribution in [1.29, 1.82) is 0 Å². The van der Waals surface area contributed by atoms with Crippen LogP contribution in [0.5, 0.6) is 23.0 Å². The van der Waals surface area contributed by atoms with Crippen LogP contribution in [0.2, 0.25) is 0 Å². The van der Waals surface area contributed by atoms with E-state index in [1.54, 1.807) is 14.2 Å². The average Bonchev–Trinajstić information content (AvgIpc) is 3.11. The minimum atomic E-state index is 0.215. The highest BCUT2D eigenvalue weighted by Crippen LogP contribution is 2.34. The second-order valence-electron chi connectivity index (χ2n) is 5.01. The number of fused-ring (bicyclic) bond motifs is 1. The molecule has 5 heteroatoms. The highest BCUT2D eigenvalue weighted by Gasteiger charge is 2.15. The quantitative estimate of drug-likeness (QED) is 0.572. The summed E-state index contributed by atoms with van der Waals surface area (Å²) >= 11 is 3.31. The van der Waals surface area contributed by atoms with Gasteiger partial charge in [-0.05, 0) is 18.2 Å². The minimum absolute atomic E-state index is 0.215. The van der Waals surface area contributed by atoms with Crippen LogP contribution in [0.3, 0.4) is 0 Å². The third-order valence-corrected chi connectivity index (χ3v) is 3.81. The number of hydrogen-bond donors (Lipinski definition) is 0.